The molecule has 0 atom stereocenters. The zero-order chi connectivity index (χ0) is 19.6. The average molecular weight is 369 g/mol. The number of aryl methyl sites for hydroxylation is 1. The number of hydrogen-bond acceptors (Lipinski definition) is 6. The minimum atomic E-state index is -0.486. The molecule has 2 aromatic heterocycles. The number of carbonyl (C=O) groups excluding carboxylic acids is 2. The van der Waals surface area contributed by atoms with Crippen LogP contribution in [0.5, 0.6) is 0 Å². The summed E-state index contributed by atoms with van der Waals surface area (Å²) in [6.07, 6.45) is 0.0251. The summed E-state index contributed by atoms with van der Waals surface area (Å²) >= 11 is 0. The number of aromatic amines is 1. The first-order valence-corrected chi connectivity index (χ1v) is 8.28. The highest BCUT2D eigenvalue weighted by atomic mass is 16.5. The van der Waals surface area contributed by atoms with Crippen LogP contribution in [0.3, 0.4) is 0 Å². The van der Waals surface area contributed by atoms with E-state index < -0.39 is 5.97 Å². The molecule has 0 fully saturated rings. The van der Waals surface area contributed by atoms with Gasteiger partial charge in [-0.25, -0.2) is 9.89 Å². The molecule has 0 saturated carbocycles. The van der Waals surface area contributed by atoms with Crippen molar-refractivity contribution in [2.75, 3.05) is 14.2 Å². The van der Waals surface area contributed by atoms with Gasteiger partial charge in [-0.2, -0.15) is 5.10 Å². The summed E-state index contributed by atoms with van der Waals surface area (Å²) in [7, 11) is 2.93. The Kier molecular flexibility index (Phi) is 5.07. The molecule has 0 spiro atoms. The molecule has 27 heavy (non-hydrogen) atoms. The van der Waals surface area contributed by atoms with Crippen LogP contribution in [0.1, 0.15) is 27.6 Å². The predicted octanol–water partition coefficient (Wildman–Crippen LogP) is 1.81. The van der Waals surface area contributed by atoms with E-state index in [2.05, 4.69) is 10.2 Å². The Balaban J connectivity index is 1.76. The maximum absolute atomic E-state index is 12.6. The molecule has 1 N–H and O–H groups in total. The monoisotopic (exact) mass is 369 g/mol. The summed E-state index contributed by atoms with van der Waals surface area (Å²) in [4.78, 5) is 37.6. The Labute approximate surface area is 154 Å². The van der Waals surface area contributed by atoms with Crippen LogP contribution in [0.15, 0.2) is 39.5 Å². The van der Waals surface area contributed by atoms with Crippen LogP contribution in [0.2, 0.25) is 0 Å². The van der Waals surface area contributed by atoms with Crippen molar-refractivity contribution >= 4 is 22.6 Å². The highest BCUT2D eigenvalue weighted by Crippen LogP contribution is 2.18. The first kappa shape index (κ1) is 18.4. The number of carbonyl (C=O) groups is 2. The highest BCUT2D eigenvalue weighted by Gasteiger charge is 2.19. The van der Waals surface area contributed by atoms with E-state index in [9.17, 15) is 14.4 Å². The molecule has 3 aromatic rings. The predicted molar refractivity (Wildman–Crippen MR) is 97.3 cm³/mol. The van der Waals surface area contributed by atoms with Gasteiger partial charge in [-0.3, -0.25) is 9.59 Å². The molecule has 0 aliphatic heterocycles. The Hall–Kier alpha value is -3.42. The largest absolute Gasteiger partial charge is 0.465 e. The standard InChI is InChI=1S/C19H19N3O5/c1-11-15(19(25)26-3)8-12(27-11)10-22(2)17(23)9-16-13-6-4-5-7-14(13)18(24)21-20-16/h4-8H,9-10H2,1-3H3,(H,21,24). The van der Waals surface area contributed by atoms with Crippen molar-refractivity contribution in [2.24, 2.45) is 0 Å². The number of methoxy groups -OCH3 is 1. The molecular formula is C19H19N3O5. The Morgan fingerprint density at radius 2 is 1.96 bits per heavy atom. The smallest absolute Gasteiger partial charge is 0.341 e. The Bertz CT molecular complexity index is 1070. The van der Waals surface area contributed by atoms with E-state index in [1.807, 2.05) is 0 Å². The number of nitrogens with one attached hydrogen (secondary N) is 1. The lowest BCUT2D eigenvalue weighted by Gasteiger charge is -2.15. The maximum Gasteiger partial charge on any atom is 0.341 e. The average Bonchev–Trinajstić information content (AvgIpc) is 3.03. The molecule has 2 heterocycles. The minimum Gasteiger partial charge on any atom is -0.465 e. The molecule has 8 heteroatoms. The van der Waals surface area contributed by atoms with Gasteiger partial charge < -0.3 is 14.1 Å². The van der Waals surface area contributed by atoms with Crippen LogP contribution in [0, 0.1) is 6.92 Å². The Morgan fingerprint density at radius 1 is 1.26 bits per heavy atom. The number of benzene rings is 1. The van der Waals surface area contributed by atoms with E-state index in [4.69, 9.17) is 9.15 Å². The van der Waals surface area contributed by atoms with E-state index in [1.165, 1.54) is 12.0 Å². The molecule has 0 saturated heterocycles. The number of amides is 1. The maximum atomic E-state index is 12.6. The van der Waals surface area contributed by atoms with Gasteiger partial charge >= 0.3 is 5.97 Å². The third kappa shape index (κ3) is 3.74. The van der Waals surface area contributed by atoms with Crippen LogP contribution < -0.4 is 5.56 Å². The summed E-state index contributed by atoms with van der Waals surface area (Å²) in [6, 6.07) is 8.57. The molecule has 3 rings (SSSR count). The third-order valence-electron chi connectivity index (χ3n) is 4.29. The quantitative estimate of drug-likeness (QED) is 0.688. The van der Waals surface area contributed by atoms with Gasteiger partial charge in [0.25, 0.3) is 5.56 Å². The molecule has 8 nitrogen and oxygen atoms in total. The fourth-order valence-electron chi connectivity index (χ4n) is 2.84. The van der Waals surface area contributed by atoms with Crippen LogP contribution >= 0.6 is 0 Å². The number of fused-ring (bicyclic) bond motifs is 1. The lowest BCUT2D eigenvalue weighted by atomic mass is 10.1. The summed E-state index contributed by atoms with van der Waals surface area (Å²) < 4.78 is 10.2. The van der Waals surface area contributed by atoms with E-state index in [0.717, 1.165) is 0 Å². The molecule has 1 aromatic carbocycles. The topological polar surface area (TPSA) is 105 Å². The van der Waals surface area contributed by atoms with Crippen molar-refractivity contribution in [1.29, 1.82) is 0 Å². The normalized spacial score (nSPS) is 10.8. The van der Waals surface area contributed by atoms with Gasteiger partial charge in [0.05, 0.1) is 31.2 Å². The lowest BCUT2D eigenvalue weighted by molar-refractivity contribution is -0.130. The van der Waals surface area contributed by atoms with Crippen molar-refractivity contribution in [1.82, 2.24) is 15.1 Å². The zero-order valence-corrected chi connectivity index (χ0v) is 15.2. The van der Waals surface area contributed by atoms with E-state index >= 15 is 0 Å². The number of rotatable bonds is 5. The van der Waals surface area contributed by atoms with Gasteiger partial charge in [0.1, 0.15) is 17.1 Å². The number of likely N-dealkylation sites (N-methyl/N-ethyl adjacent to an activating group) is 1. The van der Waals surface area contributed by atoms with Gasteiger partial charge in [-0.15, -0.1) is 0 Å². The highest BCUT2D eigenvalue weighted by molar-refractivity contribution is 5.90. The second-order valence-corrected chi connectivity index (χ2v) is 6.15. The van der Waals surface area contributed by atoms with Gasteiger partial charge in [0.15, 0.2) is 0 Å². The number of H-pyrrole nitrogens is 1. The van der Waals surface area contributed by atoms with Crippen molar-refractivity contribution < 1.29 is 18.7 Å². The number of aromatic nitrogens is 2. The van der Waals surface area contributed by atoms with Gasteiger partial charge in [-0.05, 0) is 19.1 Å². The van der Waals surface area contributed by atoms with Crippen LogP contribution in [-0.2, 0) is 22.5 Å². The van der Waals surface area contributed by atoms with Gasteiger partial charge in [-0.1, -0.05) is 18.2 Å². The zero-order valence-electron chi connectivity index (χ0n) is 15.2. The van der Waals surface area contributed by atoms with Crippen molar-refractivity contribution in [3.63, 3.8) is 0 Å². The summed E-state index contributed by atoms with van der Waals surface area (Å²) in [5.41, 5.74) is 0.533. The first-order valence-electron chi connectivity index (χ1n) is 8.28. The molecule has 0 aliphatic rings. The van der Waals surface area contributed by atoms with E-state index in [-0.39, 0.29) is 24.4 Å². The summed E-state index contributed by atoms with van der Waals surface area (Å²) in [5, 5.41) is 7.57. The van der Waals surface area contributed by atoms with Crippen LogP contribution in [0.4, 0.5) is 0 Å². The molecule has 0 bridgehead atoms. The number of ether oxygens (including phenoxy) is 1. The molecule has 140 valence electrons. The fourth-order valence-corrected chi connectivity index (χ4v) is 2.84. The van der Waals surface area contributed by atoms with Crippen molar-refractivity contribution in [2.45, 2.75) is 19.9 Å². The molecular weight excluding hydrogens is 350 g/mol. The van der Waals surface area contributed by atoms with Crippen LogP contribution in [0.25, 0.3) is 10.8 Å². The number of esters is 1. The van der Waals surface area contributed by atoms with Crippen molar-refractivity contribution in [3.8, 4) is 0 Å². The molecule has 1 amide bonds. The minimum absolute atomic E-state index is 0.0251. The van der Waals surface area contributed by atoms with E-state index in [1.54, 1.807) is 44.3 Å². The number of hydrogen-bond donors (Lipinski definition) is 1. The second-order valence-electron chi connectivity index (χ2n) is 6.15. The fraction of sp³-hybridized carbons (Fsp3) is 0.263. The van der Waals surface area contributed by atoms with E-state index in [0.29, 0.717) is 33.6 Å². The third-order valence-corrected chi connectivity index (χ3v) is 4.29. The Morgan fingerprint density at radius 3 is 2.67 bits per heavy atom. The van der Waals surface area contributed by atoms with Gasteiger partial charge in [0, 0.05) is 12.4 Å². The second kappa shape index (κ2) is 7.45. The van der Waals surface area contributed by atoms with Gasteiger partial charge in [0.2, 0.25) is 5.91 Å². The number of furan rings is 1. The SMILES string of the molecule is COC(=O)c1cc(CN(C)C(=O)Cc2n[nH]c(=O)c3ccccc23)oc1C. The molecule has 0 radical (unpaired) electrons. The lowest BCUT2D eigenvalue weighted by Crippen LogP contribution is -2.28. The summed E-state index contributed by atoms with van der Waals surface area (Å²) in [6.45, 7) is 1.85. The summed E-state index contributed by atoms with van der Waals surface area (Å²) in [5.74, 6) is 0.225. The molecule has 0 aliphatic carbocycles. The van der Waals surface area contributed by atoms with Crippen LogP contribution in [-0.4, -0.2) is 41.1 Å². The van der Waals surface area contributed by atoms with Crippen molar-refractivity contribution in [3.05, 3.63) is 63.5 Å². The first-order chi connectivity index (χ1) is 12.9. The molecule has 0 unspecified atom stereocenters. The number of nitrogens with zero attached hydrogens (tertiary/aromatic N) is 2.